The molecule has 0 unspecified atom stereocenters. The lowest BCUT2D eigenvalue weighted by molar-refractivity contribution is 0.0793. The molecule has 2 aromatic heterocycles. The predicted octanol–water partition coefficient (Wildman–Crippen LogP) is 5.46. The fourth-order valence-corrected chi connectivity index (χ4v) is 3.68. The van der Waals surface area contributed by atoms with Gasteiger partial charge in [0.05, 0.1) is 11.3 Å². The highest BCUT2D eigenvalue weighted by Crippen LogP contribution is 2.31. The molecule has 0 spiro atoms. The summed E-state index contributed by atoms with van der Waals surface area (Å²) in [5.41, 5.74) is 5.18. The third kappa shape index (κ3) is 4.35. The number of nitrogens with one attached hydrogen (secondary N) is 1. The molecule has 4 rings (SSSR count). The van der Waals surface area contributed by atoms with Gasteiger partial charge in [0.1, 0.15) is 0 Å². The number of carbonyl (C=O) groups is 1. The van der Waals surface area contributed by atoms with Crippen LogP contribution in [0.2, 0.25) is 0 Å². The number of rotatable bonds is 4. The van der Waals surface area contributed by atoms with E-state index in [4.69, 9.17) is 0 Å². The molecule has 1 saturated heterocycles. The van der Waals surface area contributed by atoms with E-state index < -0.39 is 0 Å². The summed E-state index contributed by atoms with van der Waals surface area (Å²) < 4.78 is 0. The van der Waals surface area contributed by atoms with Crippen molar-refractivity contribution < 1.29 is 4.79 Å². The van der Waals surface area contributed by atoms with E-state index in [1.165, 1.54) is 5.56 Å². The Balaban J connectivity index is 0.00000240. The highest BCUT2D eigenvalue weighted by Gasteiger charge is 2.24. The molecule has 0 aliphatic carbocycles. The Morgan fingerprint density at radius 3 is 2.62 bits per heavy atom. The molecule has 0 radical (unpaired) electrons. The average Bonchev–Trinajstić information content (AvgIpc) is 3.22. The van der Waals surface area contributed by atoms with E-state index in [1.807, 2.05) is 36.1 Å². The summed E-state index contributed by atoms with van der Waals surface area (Å²) in [6, 6.07) is 12.3. The third-order valence-electron chi connectivity index (χ3n) is 5.32. The molecule has 1 N–H and O–H groups in total. The van der Waals surface area contributed by atoms with Crippen molar-refractivity contribution in [1.82, 2.24) is 14.9 Å². The quantitative estimate of drug-likeness (QED) is 0.620. The van der Waals surface area contributed by atoms with Gasteiger partial charge >= 0.3 is 0 Å². The van der Waals surface area contributed by atoms with Crippen molar-refractivity contribution in [3.05, 3.63) is 59.4 Å². The Kier molecular flexibility index (Phi) is 6.38. The van der Waals surface area contributed by atoms with Crippen LogP contribution in [0, 0.1) is 6.92 Å². The molecule has 1 aromatic carbocycles. The Hall–Kier alpha value is -2.66. The van der Waals surface area contributed by atoms with Gasteiger partial charge in [-0.05, 0) is 55.5 Å². The SMILES string of the molecule is Cc1ccc2c(Nc3cccc(C(C)C)c3)c(C(=O)N3CCCC3)cnc2n1.Cl. The van der Waals surface area contributed by atoms with Crippen molar-refractivity contribution in [2.24, 2.45) is 0 Å². The van der Waals surface area contributed by atoms with Crippen LogP contribution in [-0.2, 0) is 0 Å². The van der Waals surface area contributed by atoms with Gasteiger partial charge in [-0.15, -0.1) is 12.4 Å². The van der Waals surface area contributed by atoms with Crippen LogP contribution in [0.15, 0.2) is 42.6 Å². The molecule has 0 saturated carbocycles. The highest BCUT2D eigenvalue weighted by atomic mass is 35.5. The molecule has 6 heteroatoms. The number of aryl methyl sites for hydroxylation is 1. The van der Waals surface area contributed by atoms with Crippen LogP contribution in [0.1, 0.15) is 54.2 Å². The molecule has 5 nitrogen and oxygen atoms in total. The van der Waals surface area contributed by atoms with Crippen LogP contribution < -0.4 is 5.32 Å². The Morgan fingerprint density at radius 2 is 1.90 bits per heavy atom. The molecule has 3 heterocycles. The van der Waals surface area contributed by atoms with Gasteiger partial charge < -0.3 is 10.2 Å². The molecular formula is C23H27ClN4O. The topological polar surface area (TPSA) is 58.1 Å². The van der Waals surface area contributed by atoms with Crippen molar-refractivity contribution in [2.75, 3.05) is 18.4 Å². The van der Waals surface area contributed by atoms with Gasteiger partial charge in [0.2, 0.25) is 0 Å². The number of amides is 1. The molecule has 0 bridgehead atoms. The molecule has 1 aliphatic heterocycles. The normalized spacial score (nSPS) is 13.6. The summed E-state index contributed by atoms with van der Waals surface area (Å²) in [6.07, 6.45) is 3.80. The number of likely N-dealkylation sites (tertiary alicyclic amines) is 1. The molecule has 1 amide bonds. The second-order valence-corrected chi connectivity index (χ2v) is 7.78. The standard InChI is InChI=1S/C23H26N4O.ClH/c1-15(2)17-7-6-8-18(13-17)26-21-19-10-9-16(3)25-22(19)24-14-20(21)23(28)27-11-4-5-12-27;/h6-10,13-15H,4-5,11-12H2,1-3H3,(H,24,25,26);1H. The molecule has 3 aromatic rings. The number of fused-ring (bicyclic) bond motifs is 1. The van der Waals surface area contributed by atoms with Gasteiger partial charge in [0.25, 0.3) is 5.91 Å². The number of hydrogen-bond acceptors (Lipinski definition) is 4. The summed E-state index contributed by atoms with van der Waals surface area (Å²) in [5.74, 6) is 0.473. The number of anilines is 2. The van der Waals surface area contributed by atoms with Crippen molar-refractivity contribution in [3.63, 3.8) is 0 Å². The maximum Gasteiger partial charge on any atom is 0.257 e. The minimum atomic E-state index is 0. The largest absolute Gasteiger partial charge is 0.354 e. The second-order valence-electron chi connectivity index (χ2n) is 7.78. The van der Waals surface area contributed by atoms with Crippen LogP contribution in [-0.4, -0.2) is 33.9 Å². The van der Waals surface area contributed by atoms with E-state index in [2.05, 4.69) is 41.3 Å². The van der Waals surface area contributed by atoms with Gasteiger partial charge in [-0.3, -0.25) is 4.79 Å². The van der Waals surface area contributed by atoms with Gasteiger partial charge in [0.15, 0.2) is 5.65 Å². The molecule has 0 atom stereocenters. The molecule has 1 aliphatic rings. The third-order valence-corrected chi connectivity index (χ3v) is 5.32. The zero-order chi connectivity index (χ0) is 19.7. The maximum absolute atomic E-state index is 13.2. The molecular weight excluding hydrogens is 384 g/mol. The number of aromatic nitrogens is 2. The van der Waals surface area contributed by atoms with Crippen LogP contribution >= 0.6 is 12.4 Å². The zero-order valence-electron chi connectivity index (χ0n) is 17.1. The van der Waals surface area contributed by atoms with Crippen molar-refractivity contribution in [1.29, 1.82) is 0 Å². The number of pyridine rings is 2. The first-order chi connectivity index (χ1) is 13.5. The van der Waals surface area contributed by atoms with Gasteiger partial charge in [-0.2, -0.15) is 0 Å². The van der Waals surface area contributed by atoms with Crippen molar-refractivity contribution in [2.45, 2.75) is 39.5 Å². The van der Waals surface area contributed by atoms with Crippen LogP contribution in [0.4, 0.5) is 11.4 Å². The average molecular weight is 411 g/mol. The van der Waals surface area contributed by atoms with E-state index in [0.29, 0.717) is 17.1 Å². The van der Waals surface area contributed by atoms with Gasteiger partial charge in [0, 0.05) is 36.1 Å². The zero-order valence-corrected chi connectivity index (χ0v) is 17.9. The number of halogens is 1. The summed E-state index contributed by atoms with van der Waals surface area (Å²) in [5, 5.41) is 4.37. The summed E-state index contributed by atoms with van der Waals surface area (Å²) in [7, 11) is 0. The number of carbonyl (C=O) groups excluding carboxylic acids is 1. The summed E-state index contributed by atoms with van der Waals surface area (Å²) >= 11 is 0. The van der Waals surface area contributed by atoms with E-state index >= 15 is 0 Å². The lowest BCUT2D eigenvalue weighted by Crippen LogP contribution is -2.28. The maximum atomic E-state index is 13.2. The number of benzene rings is 1. The molecule has 1 fully saturated rings. The predicted molar refractivity (Wildman–Crippen MR) is 120 cm³/mol. The first kappa shape index (κ1) is 21.1. The van der Waals surface area contributed by atoms with E-state index in [-0.39, 0.29) is 18.3 Å². The Labute approximate surface area is 178 Å². The van der Waals surface area contributed by atoms with Crippen LogP contribution in [0.5, 0.6) is 0 Å². The monoisotopic (exact) mass is 410 g/mol. The first-order valence-electron chi connectivity index (χ1n) is 9.95. The summed E-state index contributed by atoms with van der Waals surface area (Å²) in [6.45, 7) is 7.92. The highest BCUT2D eigenvalue weighted by molar-refractivity contribution is 6.07. The second kappa shape index (κ2) is 8.78. The minimum Gasteiger partial charge on any atom is -0.354 e. The van der Waals surface area contributed by atoms with Crippen molar-refractivity contribution >= 4 is 40.7 Å². The van der Waals surface area contributed by atoms with Gasteiger partial charge in [-0.1, -0.05) is 26.0 Å². The van der Waals surface area contributed by atoms with Crippen LogP contribution in [0.25, 0.3) is 11.0 Å². The molecule has 29 heavy (non-hydrogen) atoms. The van der Waals surface area contributed by atoms with E-state index in [9.17, 15) is 4.79 Å². The van der Waals surface area contributed by atoms with Crippen LogP contribution in [0.3, 0.4) is 0 Å². The smallest absolute Gasteiger partial charge is 0.257 e. The molecule has 152 valence electrons. The lowest BCUT2D eigenvalue weighted by Gasteiger charge is -2.20. The van der Waals surface area contributed by atoms with Gasteiger partial charge in [-0.25, -0.2) is 9.97 Å². The lowest BCUT2D eigenvalue weighted by atomic mass is 10.0. The number of nitrogens with zero attached hydrogens (tertiary/aromatic N) is 3. The summed E-state index contributed by atoms with van der Waals surface area (Å²) in [4.78, 5) is 24.1. The fraction of sp³-hybridized carbons (Fsp3) is 0.348. The Morgan fingerprint density at radius 1 is 1.14 bits per heavy atom. The minimum absolute atomic E-state index is 0. The first-order valence-corrected chi connectivity index (χ1v) is 9.95. The van der Waals surface area contributed by atoms with Crippen molar-refractivity contribution in [3.8, 4) is 0 Å². The van der Waals surface area contributed by atoms with E-state index in [1.54, 1.807) is 6.20 Å². The Bertz CT molecular complexity index is 1030. The van der Waals surface area contributed by atoms with E-state index in [0.717, 1.165) is 48.4 Å². The fourth-order valence-electron chi connectivity index (χ4n) is 3.68. The number of hydrogen-bond donors (Lipinski definition) is 1.